The fourth-order valence-corrected chi connectivity index (χ4v) is 1.94. The Labute approximate surface area is 56.3 Å². The first-order valence-corrected chi connectivity index (χ1v) is 3.73. The zero-order valence-corrected chi connectivity index (χ0v) is 5.80. The average Bonchev–Trinajstić information content (AvgIpc) is 2.14. The van der Waals surface area contributed by atoms with Crippen LogP contribution in [-0.2, 0) is 0 Å². The van der Waals surface area contributed by atoms with Gasteiger partial charge in [0.15, 0.2) is 0 Å². The molecular formula is C9H12. The fraction of sp³-hybridized carbons (Fsp3) is 0.556. The van der Waals surface area contributed by atoms with Crippen LogP contribution in [0.4, 0.5) is 0 Å². The third kappa shape index (κ3) is 0.592. The van der Waals surface area contributed by atoms with Gasteiger partial charge < -0.3 is 0 Å². The first kappa shape index (κ1) is 5.28. The van der Waals surface area contributed by atoms with Crippen LogP contribution in [0.2, 0.25) is 0 Å². The molecule has 9 heavy (non-hydrogen) atoms. The van der Waals surface area contributed by atoms with Gasteiger partial charge in [-0.2, -0.15) is 0 Å². The number of allylic oxidation sites excluding steroid dienone is 4. The molecule has 0 saturated heterocycles. The molecule has 2 aliphatic carbocycles. The summed E-state index contributed by atoms with van der Waals surface area (Å²) in [6.07, 6.45) is 9.64. The van der Waals surface area contributed by atoms with E-state index in [1.165, 1.54) is 12.8 Å². The van der Waals surface area contributed by atoms with Crippen molar-refractivity contribution in [2.24, 2.45) is 11.8 Å². The number of rotatable bonds is 0. The molecule has 0 unspecified atom stereocenters. The average molecular weight is 120 g/mol. The summed E-state index contributed by atoms with van der Waals surface area (Å²) in [5.74, 6) is 1.85. The molecule has 1 fully saturated rings. The molecule has 2 atom stereocenters. The van der Waals surface area contributed by atoms with Gasteiger partial charge in [0, 0.05) is 0 Å². The second-order valence-electron chi connectivity index (χ2n) is 3.00. The van der Waals surface area contributed by atoms with Crippen LogP contribution in [0.25, 0.3) is 0 Å². The normalized spacial score (nSPS) is 43.0. The fourth-order valence-electron chi connectivity index (χ4n) is 1.94. The topological polar surface area (TPSA) is 0 Å². The Morgan fingerprint density at radius 3 is 3.22 bits per heavy atom. The van der Waals surface area contributed by atoms with Gasteiger partial charge in [0.2, 0.25) is 0 Å². The van der Waals surface area contributed by atoms with Crippen molar-refractivity contribution < 1.29 is 0 Å². The van der Waals surface area contributed by atoms with E-state index in [4.69, 9.17) is 0 Å². The van der Waals surface area contributed by atoms with Crippen LogP contribution in [0.1, 0.15) is 19.8 Å². The number of hydrogen-bond donors (Lipinski definition) is 0. The molecule has 0 heterocycles. The Balaban J connectivity index is 2.13. The van der Waals surface area contributed by atoms with E-state index in [-0.39, 0.29) is 0 Å². The van der Waals surface area contributed by atoms with Crippen LogP contribution in [0.15, 0.2) is 23.8 Å². The van der Waals surface area contributed by atoms with E-state index in [2.05, 4.69) is 25.2 Å². The summed E-state index contributed by atoms with van der Waals surface area (Å²) in [5, 5.41) is 0. The molecule has 0 aliphatic heterocycles. The highest BCUT2D eigenvalue weighted by molar-refractivity contribution is 5.27. The lowest BCUT2D eigenvalue weighted by Crippen LogP contribution is -2.23. The van der Waals surface area contributed by atoms with Crippen LogP contribution in [0, 0.1) is 11.8 Å². The minimum Gasteiger partial charge on any atom is -0.0881 e. The molecule has 0 bridgehead atoms. The molecule has 0 radical (unpaired) electrons. The summed E-state index contributed by atoms with van der Waals surface area (Å²) >= 11 is 0. The maximum absolute atomic E-state index is 2.37. The van der Waals surface area contributed by atoms with Gasteiger partial charge in [-0.05, 0) is 31.6 Å². The molecule has 1 saturated carbocycles. The van der Waals surface area contributed by atoms with E-state index in [1.54, 1.807) is 5.57 Å². The van der Waals surface area contributed by atoms with Crippen molar-refractivity contribution in [3.63, 3.8) is 0 Å². The van der Waals surface area contributed by atoms with E-state index >= 15 is 0 Å². The van der Waals surface area contributed by atoms with Crippen LogP contribution in [-0.4, -0.2) is 0 Å². The Bertz CT molecular complexity index is 174. The van der Waals surface area contributed by atoms with E-state index in [9.17, 15) is 0 Å². The predicted octanol–water partition coefficient (Wildman–Crippen LogP) is 2.53. The first-order valence-electron chi connectivity index (χ1n) is 3.73. The Hall–Kier alpha value is -0.520. The molecule has 0 aromatic heterocycles. The Morgan fingerprint density at radius 1 is 1.67 bits per heavy atom. The molecule has 48 valence electrons. The SMILES string of the molecule is CC=C1C[C@H]2C=CC[C@@H]12. The molecule has 0 spiro atoms. The Kier molecular flexibility index (Phi) is 1.01. The van der Waals surface area contributed by atoms with Crippen molar-refractivity contribution >= 4 is 0 Å². The quantitative estimate of drug-likeness (QED) is 0.431. The second-order valence-corrected chi connectivity index (χ2v) is 3.00. The van der Waals surface area contributed by atoms with Gasteiger partial charge in [0.1, 0.15) is 0 Å². The van der Waals surface area contributed by atoms with Gasteiger partial charge >= 0.3 is 0 Å². The molecular weight excluding hydrogens is 108 g/mol. The molecule has 0 aromatic rings. The standard InChI is InChI=1S/C9H12/c1-2-7-6-8-4-3-5-9(7)8/h2-4,8-9H,5-6H2,1H3/t8-,9+/m1/s1. The van der Waals surface area contributed by atoms with Crippen LogP contribution in [0.3, 0.4) is 0 Å². The minimum absolute atomic E-state index is 0.926. The van der Waals surface area contributed by atoms with Gasteiger partial charge in [0.25, 0.3) is 0 Å². The highest BCUT2D eigenvalue weighted by Crippen LogP contribution is 2.46. The van der Waals surface area contributed by atoms with E-state index in [0.29, 0.717) is 0 Å². The summed E-state index contributed by atoms with van der Waals surface area (Å²) < 4.78 is 0. The molecule has 0 nitrogen and oxygen atoms in total. The lowest BCUT2D eigenvalue weighted by molar-refractivity contribution is 0.365. The summed E-state index contributed by atoms with van der Waals surface area (Å²) in [5.41, 5.74) is 1.69. The monoisotopic (exact) mass is 120 g/mol. The van der Waals surface area contributed by atoms with Crippen molar-refractivity contribution in [1.82, 2.24) is 0 Å². The van der Waals surface area contributed by atoms with Crippen LogP contribution in [0.5, 0.6) is 0 Å². The van der Waals surface area contributed by atoms with Gasteiger partial charge in [0.05, 0.1) is 0 Å². The van der Waals surface area contributed by atoms with Gasteiger partial charge in [-0.3, -0.25) is 0 Å². The van der Waals surface area contributed by atoms with E-state index in [1.807, 2.05) is 0 Å². The highest BCUT2D eigenvalue weighted by Gasteiger charge is 2.35. The summed E-state index contributed by atoms with van der Waals surface area (Å²) in [6, 6.07) is 0. The summed E-state index contributed by atoms with van der Waals surface area (Å²) in [6.45, 7) is 2.16. The van der Waals surface area contributed by atoms with Crippen molar-refractivity contribution in [2.75, 3.05) is 0 Å². The van der Waals surface area contributed by atoms with Crippen molar-refractivity contribution in [1.29, 1.82) is 0 Å². The zero-order chi connectivity index (χ0) is 6.27. The lowest BCUT2D eigenvalue weighted by atomic mass is 9.71. The minimum atomic E-state index is 0.926. The molecule has 0 heteroatoms. The van der Waals surface area contributed by atoms with Crippen molar-refractivity contribution in [2.45, 2.75) is 19.8 Å². The summed E-state index contributed by atoms with van der Waals surface area (Å²) in [7, 11) is 0. The van der Waals surface area contributed by atoms with Crippen molar-refractivity contribution in [3.05, 3.63) is 23.8 Å². The highest BCUT2D eigenvalue weighted by atomic mass is 14.4. The first-order chi connectivity index (χ1) is 4.42. The smallest absolute Gasteiger partial charge is 0.0103 e. The molecule has 0 aromatic carbocycles. The lowest BCUT2D eigenvalue weighted by Gasteiger charge is -2.33. The van der Waals surface area contributed by atoms with E-state index < -0.39 is 0 Å². The molecule has 0 N–H and O–H groups in total. The third-order valence-electron chi connectivity index (χ3n) is 2.61. The van der Waals surface area contributed by atoms with Gasteiger partial charge in [-0.15, -0.1) is 0 Å². The predicted molar refractivity (Wildman–Crippen MR) is 39.1 cm³/mol. The van der Waals surface area contributed by atoms with Crippen molar-refractivity contribution in [3.8, 4) is 0 Å². The van der Waals surface area contributed by atoms with E-state index in [0.717, 1.165) is 11.8 Å². The molecule has 0 amide bonds. The largest absolute Gasteiger partial charge is 0.0881 e. The van der Waals surface area contributed by atoms with Gasteiger partial charge in [-0.1, -0.05) is 23.8 Å². The second kappa shape index (κ2) is 1.73. The van der Waals surface area contributed by atoms with Crippen LogP contribution < -0.4 is 0 Å². The maximum Gasteiger partial charge on any atom is -0.0103 e. The van der Waals surface area contributed by atoms with Crippen LogP contribution >= 0.6 is 0 Å². The number of fused-ring (bicyclic) bond motifs is 1. The third-order valence-corrected chi connectivity index (χ3v) is 2.61. The number of hydrogen-bond acceptors (Lipinski definition) is 0. The summed E-state index contributed by atoms with van der Waals surface area (Å²) in [4.78, 5) is 0. The van der Waals surface area contributed by atoms with Gasteiger partial charge in [-0.25, -0.2) is 0 Å². The molecule has 2 aliphatic rings. The Morgan fingerprint density at radius 2 is 2.56 bits per heavy atom. The zero-order valence-electron chi connectivity index (χ0n) is 5.80. The molecule has 2 rings (SSSR count). The maximum atomic E-state index is 2.37.